The first-order valence-corrected chi connectivity index (χ1v) is 4.91. The Hall–Kier alpha value is -0.570. The Morgan fingerprint density at radius 1 is 1.38 bits per heavy atom. The van der Waals surface area contributed by atoms with E-state index in [-0.39, 0.29) is 5.91 Å². The number of carbonyl (C=O) groups is 1. The number of nitrogens with zero attached hydrogens (tertiary/aromatic N) is 1. The number of nitrogens with two attached hydrogens (primary N) is 1. The lowest BCUT2D eigenvalue weighted by Gasteiger charge is -2.21. The van der Waals surface area contributed by atoms with Crippen molar-refractivity contribution in [3.05, 3.63) is 0 Å². The molecule has 3 nitrogen and oxygen atoms in total. The fraction of sp³-hybridized carbons (Fsp3) is 0.900. The number of carbonyl (C=O) groups excluding carboxylic acids is 1. The maximum absolute atomic E-state index is 11.5. The van der Waals surface area contributed by atoms with Gasteiger partial charge in [-0.15, -0.1) is 0 Å². The Balaban J connectivity index is 3.82. The molecule has 1 unspecified atom stereocenters. The average molecular weight is 186 g/mol. The van der Waals surface area contributed by atoms with E-state index in [2.05, 4.69) is 20.8 Å². The Labute approximate surface area is 81.3 Å². The zero-order chi connectivity index (χ0) is 10.4. The van der Waals surface area contributed by atoms with Crippen LogP contribution in [0.3, 0.4) is 0 Å². The van der Waals surface area contributed by atoms with Crippen LogP contribution in [0.5, 0.6) is 0 Å². The van der Waals surface area contributed by atoms with Gasteiger partial charge in [-0.05, 0) is 18.4 Å². The van der Waals surface area contributed by atoms with Crippen LogP contribution in [0.2, 0.25) is 0 Å². The zero-order valence-corrected chi connectivity index (χ0v) is 9.21. The van der Waals surface area contributed by atoms with Gasteiger partial charge in [0.1, 0.15) is 0 Å². The van der Waals surface area contributed by atoms with Crippen LogP contribution in [0.25, 0.3) is 0 Å². The van der Waals surface area contributed by atoms with Gasteiger partial charge < -0.3 is 10.6 Å². The summed E-state index contributed by atoms with van der Waals surface area (Å²) in [6, 6.07) is 0. The molecule has 0 saturated carbocycles. The Kier molecular flexibility index (Phi) is 5.71. The molecule has 0 radical (unpaired) electrons. The third kappa shape index (κ3) is 5.64. The van der Waals surface area contributed by atoms with Crippen LogP contribution in [-0.2, 0) is 4.79 Å². The summed E-state index contributed by atoms with van der Waals surface area (Å²) in [5, 5.41) is 0. The molecule has 0 aromatic carbocycles. The first kappa shape index (κ1) is 12.4. The lowest BCUT2D eigenvalue weighted by Crippen LogP contribution is -2.33. The molecule has 0 bridgehead atoms. The summed E-state index contributed by atoms with van der Waals surface area (Å²) in [5.41, 5.74) is 5.48. The van der Waals surface area contributed by atoms with Crippen molar-refractivity contribution in [3.63, 3.8) is 0 Å². The van der Waals surface area contributed by atoms with Crippen molar-refractivity contribution in [1.29, 1.82) is 0 Å². The second-order valence-corrected chi connectivity index (χ2v) is 4.21. The summed E-state index contributed by atoms with van der Waals surface area (Å²) in [6.45, 7) is 7.57. The smallest absolute Gasteiger partial charge is 0.222 e. The highest BCUT2D eigenvalue weighted by molar-refractivity contribution is 5.76. The molecular formula is C10H22N2O. The van der Waals surface area contributed by atoms with Crippen LogP contribution in [0, 0.1) is 11.8 Å². The molecule has 0 spiro atoms. The van der Waals surface area contributed by atoms with Crippen LogP contribution >= 0.6 is 0 Å². The number of rotatable bonds is 5. The van der Waals surface area contributed by atoms with Crippen LogP contribution < -0.4 is 5.73 Å². The molecule has 0 saturated heterocycles. The molecule has 0 aliphatic heterocycles. The molecular weight excluding hydrogens is 164 g/mol. The molecule has 78 valence electrons. The molecule has 0 fully saturated rings. The fourth-order valence-corrected chi connectivity index (χ4v) is 1.15. The van der Waals surface area contributed by atoms with Gasteiger partial charge in [-0.1, -0.05) is 20.8 Å². The molecule has 3 heteroatoms. The highest BCUT2D eigenvalue weighted by Crippen LogP contribution is 2.04. The van der Waals surface area contributed by atoms with E-state index in [4.69, 9.17) is 5.73 Å². The average Bonchev–Trinajstić information content (AvgIpc) is 2.02. The standard InChI is InChI=1S/C10H22N2O/c1-8(2)5-10(13)12(4)7-9(3)6-11/h8-9H,5-7,11H2,1-4H3. The predicted molar refractivity (Wildman–Crippen MR) is 55.3 cm³/mol. The molecule has 0 aliphatic carbocycles. The Morgan fingerprint density at radius 2 is 1.92 bits per heavy atom. The van der Waals surface area contributed by atoms with Gasteiger partial charge in [0, 0.05) is 20.0 Å². The molecule has 1 atom stereocenters. The van der Waals surface area contributed by atoms with Crippen molar-refractivity contribution in [2.24, 2.45) is 17.6 Å². The molecule has 0 aromatic heterocycles. The molecule has 13 heavy (non-hydrogen) atoms. The Morgan fingerprint density at radius 3 is 2.31 bits per heavy atom. The van der Waals surface area contributed by atoms with E-state index in [1.807, 2.05) is 7.05 Å². The van der Waals surface area contributed by atoms with Gasteiger partial charge in [-0.3, -0.25) is 4.79 Å². The first-order valence-electron chi connectivity index (χ1n) is 4.91. The lowest BCUT2D eigenvalue weighted by atomic mass is 10.1. The van der Waals surface area contributed by atoms with Crippen LogP contribution in [0.4, 0.5) is 0 Å². The largest absolute Gasteiger partial charge is 0.345 e. The number of hydrogen-bond acceptors (Lipinski definition) is 2. The summed E-state index contributed by atoms with van der Waals surface area (Å²) in [4.78, 5) is 13.3. The first-order chi connectivity index (χ1) is 5.97. The minimum absolute atomic E-state index is 0.218. The fourth-order valence-electron chi connectivity index (χ4n) is 1.15. The third-order valence-electron chi connectivity index (χ3n) is 2.00. The second-order valence-electron chi connectivity index (χ2n) is 4.21. The number of amides is 1. The SMILES string of the molecule is CC(C)CC(=O)N(C)CC(C)CN. The normalized spacial score (nSPS) is 13.1. The minimum Gasteiger partial charge on any atom is -0.345 e. The molecule has 0 heterocycles. The van der Waals surface area contributed by atoms with Crippen molar-refractivity contribution < 1.29 is 4.79 Å². The Bertz CT molecular complexity index is 157. The molecule has 1 amide bonds. The lowest BCUT2D eigenvalue weighted by molar-refractivity contribution is -0.131. The van der Waals surface area contributed by atoms with Crippen LogP contribution in [0.1, 0.15) is 27.2 Å². The van der Waals surface area contributed by atoms with Gasteiger partial charge in [0.15, 0.2) is 0 Å². The van der Waals surface area contributed by atoms with E-state index in [0.29, 0.717) is 24.8 Å². The second kappa shape index (κ2) is 5.97. The highest BCUT2D eigenvalue weighted by Gasteiger charge is 2.12. The van der Waals surface area contributed by atoms with E-state index < -0.39 is 0 Å². The van der Waals surface area contributed by atoms with E-state index in [1.54, 1.807) is 4.90 Å². The minimum atomic E-state index is 0.218. The van der Waals surface area contributed by atoms with E-state index >= 15 is 0 Å². The van der Waals surface area contributed by atoms with Gasteiger partial charge in [-0.25, -0.2) is 0 Å². The molecule has 2 N–H and O–H groups in total. The van der Waals surface area contributed by atoms with E-state index in [1.165, 1.54) is 0 Å². The molecule has 0 aliphatic rings. The van der Waals surface area contributed by atoms with E-state index in [9.17, 15) is 4.79 Å². The van der Waals surface area contributed by atoms with Crippen molar-refractivity contribution in [2.75, 3.05) is 20.1 Å². The third-order valence-corrected chi connectivity index (χ3v) is 2.00. The van der Waals surface area contributed by atoms with Gasteiger partial charge in [-0.2, -0.15) is 0 Å². The van der Waals surface area contributed by atoms with Crippen molar-refractivity contribution >= 4 is 5.91 Å². The predicted octanol–water partition coefficient (Wildman–Crippen LogP) is 1.09. The van der Waals surface area contributed by atoms with E-state index in [0.717, 1.165) is 6.54 Å². The van der Waals surface area contributed by atoms with Gasteiger partial charge >= 0.3 is 0 Å². The van der Waals surface area contributed by atoms with Crippen molar-refractivity contribution in [1.82, 2.24) is 4.90 Å². The summed E-state index contributed by atoms with van der Waals surface area (Å²) < 4.78 is 0. The summed E-state index contributed by atoms with van der Waals surface area (Å²) in [7, 11) is 1.84. The zero-order valence-electron chi connectivity index (χ0n) is 9.21. The monoisotopic (exact) mass is 186 g/mol. The summed E-state index contributed by atoms with van der Waals surface area (Å²) in [6.07, 6.45) is 0.633. The summed E-state index contributed by atoms with van der Waals surface area (Å²) in [5.74, 6) is 1.04. The summed E-state index contributed by atoms with van der Waals surface area (Å²) >= 11 is 0. The van der Waals surface area contributed by atoms with Crippen molar-refractivity contribution in [3.8, 4) is 0 Å². The number of hydrogen-bond donors (Lipinski definition) is 1. The molecule has 0 aromatic rings. The van der Waals surface area contributed by atoms with Crippen LogP contribution in [0.15, 0.2) is 0 Å². The topological polar surface area (TPSA) is 46.3 Å². The van der Waals surface area contributed by atoms with Gasteiger partial charge in [0.05, 0.1) is 0 Å². The van der Waals surface area contributed by atoms with Crippen molar-refractivity contribution in [2.45, 2.75) is 27.2 Å². The molecule has 0 rings (SSSR count). The van der Waals surface area contributed by atoms with Gasteiger partial charge in [0.25, 0.3) is 0 Å². The quantitative estimate of drug-likeness (QED) is 0.698. The van der Waals surface area contributed by atoms with Crippen LogP contribution in [-0.4, -0.2) is 30.9 Å². The highest BCUT2D eigenvalue weighted by atomic mass is 16.2. The maximum Gasteiger partial charge on any atom is 0.222 e. The maximum atomic E-state index is 11.5. The van der Waals surface area contributed by atoms with Gasteiger partial charge in [0.2, 0.25) is 5.91 Å².